The molecule has 1 fully saturated rings. The van der Waals surface area contributed by atoms with Gasteiger partial charge in [0.1, 0.15) is 12.1 Å². The van der Waals surface area contributed by atoms with Gasteiger partial charge in [-0.2, -0.15) is 0 Å². The zero-order valence-corrected chi connectivity index (χ0v) is 11.7. The van der Waals surface area contributed by atoms with Gasteiger partial charge in [-0.05, 0) is 44.8 Å². The van der Waals surface area contributed by atoms with E-state index in [2.05, 4.69) is 0 Å². The molecule has 1 saturated heterocycles. The largest absolute Gasteiger partial charge is 0.494 e. The molecule has 102 valence electrons. The fourth-order valence-electron chi connectivity index (χ4n) is 1.94. The second kappa shape index (κ2) is 4.73. The molecule has 1 aromatic carbocycles. The molecule has 0 aromatic heterocycles. The van der Waals surface area contributed by atoms with Crippen molar-refractivity contribution in [2.24, 2.45) is 0 Å². The molecule has 1 aliphatic rings. The van der Waals surface area contributed by atoms with Crippen molar-refractivity contribution < 1.29 is 18.5 Å². The summed E-state index contributed by atoms with van der Waals surface area (Å²) in [6.45, 7) is 7.79. The van der Waals surface area contributed by atoms with Gasteiger partial charge in [0.15, 0.2) is 0 Å². The third-order valence-corrected chi connectivity index (χ3v) is 3.91. The van der Waals surface area contributed by atoms with Crippen LogP contribution in [0.4, 0.5) is 4.39 Å². The van der Waals surface area contributed by atoms with E-state index in [4.69, 9.17) is 9.31 Å². The van der Waals surface area contributed by atoms with Crippen molar-refractivity contribution in [3.63, 3.8) is 0 Å². The number of hydrogen-bond acceptors (Lipinski definition) is 3. The van der Waals surface area contributed by atoms with E-state index < -0.39 is 24.1 Å². The van der Waals surface area contributed by atoms with Gasteiger partial charge in [0.05, 0.1) is 11.2 Å². The Morgan fingerprint density at radius 3 is 2.26 bits per heavy atom. The van der Waals surface area contributed by atoms with Crippen LogP contribution in [0.15, 0.2) is 18.2 Å². The summed E-state index contributed by atoms with van der Waals surface area (Å²) in [5.41, 5.74) is 0.117. The highest BCUT2D eigenvalue weighted by Gasteiger charge is 2.51. The van der Waals surface area contributed by atoms with E-state index in [0.717, 1.165) is 0 Å². The predicted octanol–water partition coefficient (Wildman–Crippen LogP) is 1.87. The lowest BCUT2D eigenvalue weighted by Gasteiger charge is -2.32. The van der Waals surface area contributed by atoms with Crippen molar-refractivity contribution in [1.82, 2.24) is 0 Å². The Kier molecular flexibility index (Phi) is 3.54. The molecule has 0 radical (unpaired) electrons. The SMILES string of the molecule is CC1(C)OB(c2ccc(CC=O)c(F)c2)OC1(C)C. The fraction of sp³-hybridized carbons (Fsp3) is 0.500. The number of aldehydes is 1. The number of carbonyl (C=O) groups excluding carboxylic acids is 1. The summed E-state index contributed by atoms with van der Waals surface area (Å²) in [5, 5.41) is 0. The van der Waals surface area contributed by atoms with Gasteiger partial charge >= 0.3 is 7.12 Å². The van der Waals surface area contributed by atoms with Crippen molar-refractivity contribution >= 4 is 18.9 Å². The first-order chi connectivity index (χ1) is 8.77. The summed E-state index contributed by atoms with van der Waals surface area (Å²) < 4.78 is 25.5. The van der Waals surface area contributed by atoms with Crippen LogP contribution in [0, 0.1) is 5.82 Å². The zero-order chi connectivity index (χ0) is 14.3. The standard InChI is InChI=1S/C14H18BFO3/c1-13(2)14(3,4)19-15(18-13)11-6-5-10(7-8-17)12(16)9-11/h5-6,8-9H,7H2,1-4H3. The molecule has 1 heterocycles. The summed E-state index contributed by atoms with van der Waals surface area (Å²) >= 11 is 0. The van der Waals surface area contributed by atoms with E-state index in [0.29, 0.717) is 17.3 Å². The molecule has 0 unspecified atom stereocenters. The Morgan fingerprint density at radius 1 is 1.21 bits per heavy atom. The predicted molar refractivity (Wildman–Crippen MR) is 71.9 cm³/mol. The molecule has 5 heteroatoms. The number of hydrogen-bond donors (Lipinski definition) is 0. The van der Waals surface area contributed by atoms with Crippen molar-refractivity contribution in [2.45, 2.75) is 45.3 Å². The lowest BCUT2D eigenvalue weighted by molar-refractivity contribution is -0.107. The van der Waals surface area contributed by atoms with Crippen molar-refractivity contribution in [3.8, 4) is 0 Å². The first kappa shape index (κ1) is 14.2. The van der Waals surface area contributed by atoms with Crippen LogP contribution in [-0.2, 0) is 20.5 Å². The van der Waals surface area contributed by atoms with Crippen molar-refractivity contribution in [3.05, 3.63) is 29.6 Å². The van der Waals surface area contributed by atoms with Crippen molar-refractivity contribution in [1.29, 1.82) is 0 Å². The topological polar surface area (TPSA) is 35.5 Å². The molecule has 0 amide bonds. The first-order valence-electron chi connectivity index (χ1n) is 6.34. The Balaban J connectivity index is 2.25. The normalized spacial score (nSPS) is 20.6. The summed E-state index contributed by atoms with van der Waals surface area (Å²) in [6, 6.07) is 4.72. The molecule has 0 N–H and O–H groups in total. The van der Waals surface area contributed by atoms with Crippen LogP contribution in [0.1, 0.15) is 33.3 Å². The molecule has 1 aromatic rings. The highest BCUT2D eigenvalue weighted by Crippen LogP contribution is 2.36. The lowest BCUT2D eigenvalue weighted by atomic mass is 9.78. The van der Waals surface area contributed by atoms with Gasteiger partial charge in [-0.3, -0.25) is 0 Å². The summed E-state index contributed by atoms with van der Waals surface area (Å²) in [4.78, 5) is 10.4. The molecule has 1 aliphatic heterocycles. The van der Waals surface area contributed by atoms with E-state index in [1.54, 1.807) is 12.1 Å². The quantitative estimate of drug-likeness (QED) is 0.617. The van der Waals surface area contributed by atoms with E-state index >= 15 is 0 Å². The molecule has 0 bridgehead atoms. The molecule has 0 spiro atoms. The van der Waals surface area contributed by atoms with Crippen LogP contribution in [-0.4, -0.2) is 24.6 Å². The average molecular weight is 264 g/mol. The highest BCUT2D eigenvalue weighted by atomic mass is 19.1. The van der Waals surface area contributed by atoms with E-state index in [9.17, 15) is 9.18 Å². The minimum atomic E-state index is -0.579. The van der Waals surface area contributed by atoms with Gasteiger partial charge in [-0.15, -0.1) is 0 Å². The molecular weight excluding hydrogens is 246 g/mol. The Bertz CT molecular complexity index is 483. The Morgan fingerprint density at radius 2 is 1.79 bits per heavy atom. The lowest BCUT2D eigenvalue weighted by Crippen LogP contribution is -2.41. The van der Waals surface area contributed by atoms with E-state index in [1.807, 2.05) is 27.7 Å². The monoisotopic (exact) mass is 264 g/mol. The number of benzene rings is 1. The minimum Gasteiger partial charge on any atom is -0.399 e. The third kappa shape index (κ3) is 2.58. The minimum absolute atomic E-state index is 0.0788. The van der Waals surface area contributed by atoms with Gasteiger partial charge in [0.2, 0.25) is 0 Å². The molecule has 3 nitrogen and oxygen atoms in total. The average Bonchev–Trinajstić information content (AvgIpc) is 2.51. The number of carbonyl (C=O) groups is 1. The molecule has 2 rings (SSSR count). The Labute approximate surface area is 113 Å². The van der Waals surface area contributed by atoms with Gasteiger partial charge in [0.25, 0.3) is 0 Å². The third-order valence-electron chi connectivity index (χ3n) is 3.91. The highest BCUT2D eigenvalue weighted by molar-refractivity contribution is 6.62. The Hall–Kier alpha value is -1.20. The molecule has 0 aliphatic carbocycles. The maximum absolute atomic E-state index is 13.8. The van der Waals surface area contributed by atoms with Gasteiger partial charge < -0.3 is 14.1 Å². The maximum Gasteiger partial charge on any atom is 0.494 e. The second-order valence-corrected chi connectivity index (χ2v) is 5.81. The van der Waals surface area contributed by atoms with Crippen LogP contribution < -0.4 is 5.46 Å². The molecule has 0 saturated carbocycles. The second-order valence-electron chi connectivity index (χ2n) is 5.81. The molecular formula is C14H18BFO3. The summed E-state index contributed by atoms with van der Waals surface area (Å²) in [6.07, 6.45) is 0.766. The smallest absolute Gasteiger partial charge is 0.399 e. The summed E-state index contributed by atoms with van der Waals surface area (Å²) in [5.74, 6) is -0.403. The number of rotatable bonds is 3. The van der Waals surface area contributed by atoms with Crippen LogP contribution >= 0.6 is 0 Å². The van der Waals surface area contributed by atoms with Gasteiger partial charge in [-0.1, -0.05) is 12.1 Å². The first-order valence-corrected chi connectivity index (χ1v) is 6.34. The zero-order valence-electron chi connectivity index (χ0n) is 11.7. The fourth-order valence-corrected chi connectivity index (χ4v) is 1.94. The van der Waals surface area contributed by atoms with Gasteiger partial charge in [-0.25, -0.2) is 4.39 Å². The summed E-state index contributed by atoms with van der Waals surface area (Å²) in [7, 11) is -0.579. The van der Waals surface area contributed by atoms with E-state index in [1.165, 1.54) is 6.07 Å². The van der Waals surface area contributed by atoms with Crippen LogP contribution in [0.25, 0.3) is 0 Å². The maximum atomic E-state index is 13.8. The van der Waals surface area contributed by atoms with Gasteiger partial charge in [0, 0.05) is 6.42 Å². The van der Waals surface area contributed by atoms with Crippen LogP contribution in [0.2, 0.25) is 0 Å². The molecule has 0 atom stereocenters. The van der Waals surface area contributed by atoms with Crippen LogP contribution in [0.3, 0.4) is 0 Å². The van der Waals surface area contributed by atoms with E-state index in [-0.39, 0.29) is 6.42 Å². The van der Waals surface area contributed by atoms with Crippen molar-refractivity contribution in [2.75, 3.05) is 0 Å². The van der Waals surface area contributed by atoms with Crippen LogP contribution in [0.5, 0.6) is 0 Å². The number of halogens is 1. The molecule has 19 heavy (non-hydrogen) atoms.